The van der Waals surface area contributed by atoms with Gasteiger partial charge in [0.1, 0.15) is 24.7 Å². The highest BCUT2D eigenvalue weighted by molar-refractivity contribution is 5.83. The molecule has 3 aromatic rings. The van der Waals surface area contributed by atoms with Crippen LogP contribution in [0.3, 0.4) is 0 Å². The van der Waals surface area contributed by atoms with Gasteiger partial charge in [0.25, 0.3) is 0 Å². The van der Waals surface area contributed by atoms with Crippen LogP contribution in [0.2, 0.25) is 0 Å². The highest BCUT2D eigenvalue weighted by Gasteiger charge is 2.40. The molecule has 0 unspecified atom stereocenters. The minimum Gasteiger partial charge on any atom is -0.492 e. The monoisotopic (exact) mass is 561 g/mol. The minimum atomic E-state index is -0.364. The van der Waals surface area contributed by atoms with E-state index in [-0.39, 0.29) is 36.1 Å². The number of fused-ring (bicyclic) bond motifs is 4. The van der Waals surface area contributed by atoms with Gasteiger partial charge in [0, 0.05) is 70.1 Å². The van der Waals surface area contributed by atoms with Gasteiger partial charge in [-0.3, -0.25) is 19.1 Å². The summed E-state index contributed by atoms with van der Waals surface area (Å²) in [7, 11) is 0. The predicted molar refractivity (Wildman–Crippen MR) is 152 cm³/mol. The Kier molecular flexibility index (Phi) is 9.01. The largest absolute Gasteiger partial charge is 0.492 e. The van der Waals surface area contributed by atoms with Gasteiger partial charge in [-0.1, -0.05) is 19.1 Å². The molecule has 0 radical (unpaired) electrons. The summed E-state index contributed by atoms with van der Waals surface area (Å²) in [4.78, 5) is 47.7. The number of carbonyl (C=O) groups excluding carboxylic acids is 3. The summed E-state index contributed by atoms with van der Waals surface area (Å²) in [6.45, 7) is 7.30. The second kappa shape index (κ2) is 13.0. The SMILES string of the molecule is CCc1nccn1CCC(=O)N1C[C@@H]2C(=O)NCCCN(C(=O)Cn3cc(C)cn3)CCOc3cccc(c3)[C@H]2C1. The second-order valence-electron chi connectivity index (χ2n) is 10.8. The number of nitrogens with one attached hydrogen (secondary N) is 1. The van der Waals surface area contributed by atoms with Crippen LogP contribution in [0.4, 0.5) is 0 Å². The fraction of sp³-hybridized carbons (Fsp3) is 0.500. The van der Waals surface area contributed by atoms with E-state index in [1.54, 1.807) is 22.0 Å². The number of imidazole rings is 1. The van der Waals surface area contributed by atoms with Crippen molar-refractivity contribution in [1.29, 1.82) is 0 Å². The lowest BCUT2D eigenvalue weighted by molar-refractivity contribution is -0.132. The first kappa shape index (κ1) is 28.4. The van der Waals surface area contributed by atoms with Gasteiger partial charge in [0.15, 0.2) is 0 Å². The molecule has 2 aliphatic heterocycles. The van der Waals surface area contributed by atoms with Crippen LogP contribution in [-0.2, 0) is 33.9 Å². The molecule has 1 fully saturated rings. The molecule has 1 saturated heterocycles. The molecule has 218 valence electrons. The summed E-state index contributed by atoms with van der Waals surface area (Å²) >= 11 is 0. The lowest BCUT2D eigenvalue weighted by Gasteiger charge is -2.24. The maximum atomic E-state index is 13.4. The first-order valence-corrected chi connectivity index (χ1v) is 14.5. The van der Waals surface area contributed by atoms with Crippen LogP contribution in [0.25, 0.3) is 0 Å². The van der Waals surface area contributed by atoms with E-state index in [9.17, 15) is 14.4 Å². The van der Waals surface area contributed by atoms with E-state index in [0.29, 0.717) is 64.5 Å². The molecule has 1 N–H and O–H groups in total. The van der Waals surface area contributed by atoms with Crippen molar-refractivity contribution >= 4 is 17.7 Å². The topological polar surface area (TPSA) is 115 Å². The third-order valence-electron chi connectivity index (χ3n) is 7.93. The number of hydrogen-bond acceptors (Lipinski definition) is 6. The zero-order valence-corrected chi connectivity index (χ0v) is 23.9. The lowest BCUT2D eigenvalue weighted by atomic mass is 9.88. The van der Waals surface area contributed by atoms with E-state index in [2.05, 4.69) is 15.4 Å². The Morgan fingerprint density at radius 3 is 2.78 bits per heavy atom. The van der Waals surface area contributed by atoms with Crippen LogP contribution < -0.4 is 10.1 Å². The quantitative estimate of drug-likeness (QED) is 0.493. The Morgan fingerprint density at radius 1 is 1.12 bits per heavy atom. The number of carbonyl (C=O) groups is 3. The highest BCUT2D eigenvalue weighted by Crippen LogP contribution is 2.35. The predicted octanol–water partition coefficient (Wildman–Crippen LogP) is 2.01. The van der Waals surface area contributed by atoms with Gasteiger partial charge < -0.3 is 24.4 Å². The zero-order valence-electron chi connectivity index (χ0n) is 23.9. The molecule has 2 aliphatic rings. The first-order chi connectivity index (χ1) is 19.9. The van der Waals surface area contributed by atoms with Crippen LogP contribution in [0.5, 0.6) is 5.75 Å². The molecule has 4 heterocycles. The van der Waals surface area contributed by atoms with Crippen LogP contribution in [-0.4, -0.2) is 86.2 Å². The molecule has 0 aliphatic carbocycles. The highest BCUT2D eigenvalue weighted by atomic mass is 16.5. The molecular weight excluding hydrogens is 522 g/mol. The van der Waals surface area contributed by atoms with Crippen LogP contribution >= 0.6 is 0 Å². The maximum Gasteiger partial charge on any atom is 0.244 e. The summed E-state index contributed by atoms with van der Waals surface area (Å²) in [5, 5.41) is 7.31. The smallest absolute Gasteiger partial charge is 0.244 e. The van der Waals surface area contributed by atoms with Crippen molar-refractivity contribution in [1.82, 2.24) is 34.4 Å². The average molecular weight is 562 g/mol. The van der Waals surface area contributed by atoms with Gasteiger partial charge in [-0.05, 0) is 36.6 Å². The summed E-state index contributed by atoms with van der Waals surface area (Å²) < 4.78 is 9.73. The van der Waals surface area contributed by atoms with E-state index in [0.717, 1.165) is 23.4 Å². The number of ether oxygens (including phenoxy) is 1. The van der Waals surface area contributed by atoms with Crippen molar-refractivity contribution in [2.75, 3.05) is 39.3 Å². The molecule has 3 amide bonds. The zero-order chi connectivity index (χ0) is 28.8. The van der Waals surface area contributed by atoms with Crippen molar-refractivity contribution in [3.05, 3.63) is 66.0 Å². The fourth-order valence-electron chi connectivity index (χ4n) is 5.72. The third-order valence-corrected chi connectivity index (χ3v) is 7.93. The van der Waals surface area contributed by atoms with Crippen LogP contribution in [0.1, 0.15) is 42.6 Å². The van der Waals surface area contributed by atoms with Crippen molar-refractivity contribution in [3.63, 3.8) is 0 Å². The van der Waals surface area contributed by atoms with E-state index in [4.69, 9.17) is 4.74 Å². The molecule has 0 saturated carbocycles. The Morgan fingerprint density at radius 2 is 1.98 bits per heavy atom. The molecule has 41 heavy (non-hydrogen) atoms. The van der Waals surface area contributed by atoms with Crippen molar-refractivity contribution < 1.29 is 19.1 Å². The Bertz CT molecular complexity index is 1370. The summed E-state index contributed by atoms with van der Waals surface area (Å²) in [5.74, 6) is 1.08. The molecule has 2 aromatic heterocycles. The second-order valence-corrected chi connectivity index (χ2v) is 10.8. The number of benzene rings is 1. The molecule has 11 nitrogen and oxygen atoms in total. The molecule has 5 rings (SSSR count). The number of nitrogens with zero attached hydrogens (tertiary/aromatic N) is 6. The van der Waals surface area contributed by atoms with Gasteiger partial charge in [0.2, 0.25) is 17.7 Å². The average Bonchev–Trinajstić information content (AvgIpc) is 3.72. The number of aromatic nitrogens is 4. The lowest BCUT2D eigenvalue weighted by Crippen LogP contribution is -2.40. The van der Waals surface area contributed by atoms with Crippen molar-refractivity contribution in [2.45, 2.75) is 52.1 Å². The van der Waals surface area contributed by atoms with E-state index >= 15 is 0 Å². The summed E-state index contributed by atoms with van der Waals surface area (Å²) in [5.41, 5.74) is 1.97. The van der Waals surface area contributed by atoms with Crippen molar-refractivity contribution in [3.8, 4) is 5.75 Å². The third kappa shape index (κ3) is 6.96. The Hall–Kier alpha value is -4.15. The van der Waals surface area contributed by atoms with Gasteiger partial charge >= 0.3 is 0 Å². The van der Waals surface area contributed by atoms with Crippen molar-refractivity contribution in [2.24, 2.45) is 5.92 Å². The van der Waals surface area contributed by atoms with Gasteiger partial charge in [0.05, 0.1) is 18.7 Å². The number of amides is 3. The molecule has 11 heteroatoms. The Balaban J connectivity index is 1.27. The number of rotatable bonds is 6. The molecule has 2 atom stereocenters. The van der Waals surface area contributed by atoms with Gasteiger partial charge in [-0.2, -0.15) is 5.10 Å². The van der Waals surface area contributed by atoms with E-state index in [1.165, 1.54) is 0 Å². The summed E-state index contributed by atoms with van der Waals surface area (Å²) in [6.07, 6.45) is 9.02. The van der Waals surface area contributed by atoms with Crippen LogP contribution in [0.15, 0.2) is 49.1 Å². The minimum absolute atomic E-state index is 0.0351. The van der Waals surface area contributed by atoms with Gasteiger partial charge in [-0.15, -0.1) is 0 Å². The number of likely N-dealkylation sites (tertiary alicyclic amines) is 1. The fourth-order valence-corrected chi connectivity index (χ4v) is 5.72. The van der Waals surface area contributed by atoms with E-state index in [1.807, 2.05) is 60.0 Å². The Labute approximate surface area is 240 Å². The van der Waals surface area contributed by atoms with Crippen LogP contribution in [0, 0.1) is 12.8 Å². The molecule has 0 spiro atoms. The number of hydrogen-bond donors (Lipinski definition) is 1. The molecule has 2 bridgehead atoms. The normalized spacial score (nSPS) is 19.7. The van der Waals surface area contributed by atoms with E-state index < -0.39 is 0 Å². The molecule has 1 aromatic carbocycles. The summed E-state index contributed by atoms with van der Waals surface area (Å²) in [6, 6.07) is 7.77. The van der Waals surface area contributed by atoms with Gasteiger partial charge in [-0.25, -0.2) is 4.98 Å². The number of aryl methyl sites for hydroxylation is 3. The maximum absolute atomic E-state index is 13.4. The molecular formula is C30H39N7O4. The standard InChI is InChI=1S/C30H39N7O4/c1-3-27-31-10-13-34(27)12-8-28(38)36-19-25-23-6-4-7-24(16-23)41-15-14-35(11-5-9-32-30(40)26(25)20-36)29(39)21-37-18-22(2)17-33-37/h4,6-7,10,13,16-18,25-26H,3,5,8-9,11-12,14-15,19-21H2,1-2H3,(H,32,40)/t25-,26+/m1/s1. The first-order valence-electron chi connectivity index (χ1n) is 14.5.